The first-order valence-corrected chi connectivity index (χ1v) is 12.2. The van der Waals surface area contributed by atoms with Crippen LogP contribution >= 0.6 is 12.2 Å². The van der Waals surface area contributed by atoms with Gasteiger partial charge in [0.2, 0.25) is 0 Å². The number of nitrogens with one attached hydrogen (secondary N) is 1. The van der Waals surface area contributed by atoms with Crippen LogP contribution in [0, 0.1) is 17.3 Å². The Morgan fingerprint density at radius 1 is 1.38 bits per heavy atom. The van der Waals surface area contributed by atoms with Gasteiger partial charge in [-0.15, -0.1) is 0 Å². The lowest BCUT2D eigenvalue weighted by Gasteiger charge is -2.45. The van der Waals surface area contributed by atoms with E-state index in [-0.39, 0.29) is 28.8 Å². The molecule has 2 aliphatic rings. The van der Waals surface area contributed by atoms with E-state index in [1.165, 1.54) is 0 Å². The zero-order chi connectivity index (χ0) is 23.6. The number of nitrogens with two attached hydrogens (primary N) is 1. The molecule has 0 bridgehead atoms. The smallest absolute Gasteiger partial charge is 0.303 e. The number of aliphatic hydroxyl groups excluding tert-OH is 2. The topological polar surface area (TPSA) is 128 Å². The molecule has 6 N–H and O–H groups in total. The number of carbonyl (C=O) groups is 1. The number of hydrogen-bond acceptors (Lipinski definition) is 5. The van der Waals surface area contributed by atoms with Gasteiger partial charge in [-0.1, -0.05) is 50.5 Å². The minimum Gasteiger partial charge on any atom is -0.481 e. The van der Waals surface area contributed by atoms with E-state index in [9.17, 15) is 15.0 Å². The minimum atomic E-state index is -0.789. The van der Waals surface area contributed by atoms with E-state index in [0.29, 0.717) is 25.7 Å². The van der Waals surface area contributed by atoms with Gasteiger partial charge in [-0.05, 0) is 56.2 Å². The van der Waals surface area contributed by atoms with Crippen LogP contribution in [0.25, 0.3) is 0 Å². The Morgan fingerprint density at radius 3 is 2.72 bits per heavy atom. The summed E-state index contributed by atoms with van der Waals surface area (Å²) < 4.78 is 0. The third-order valence-corrected chi connectivity index (χ3v) is 6.99. The fourth-order valence-electron chi connectivity index (χ4n) is 4.83. The predicted octanol–water partition coefficient (Wildman–Crippen LogP) is 3.65. The van der Waals surface area contributed by atoms with Gasteiger partial charge in [-0.3, -0.25) is 10.2 Å². The van der Waals surface area contributed by atoms with Crippen LogP contribution in [0.4, 0.5) is 0 Å². The Bertz CT molecular complexity index is 718. The van der Waals surface area contributed by atoms with Crippen molar-refractivity contribution in [2.75, 3.05) is 0 Å². The molecule has 180 valence electrons. The molecule has 1 unspecified atom stereocenters. The summed E-state index contributed by atoms with van der Waals surface area (Å²) >= 11 is 4.85. The maximum absolute atomic E-state index is 10.9. The summed E-state index contributed by atoms with van der Waals surface area (Å²) in [6.45, 7) is 2.17. The lowest BCUT2D eigenvalue weighted by molar-refractivity contribution is -0.137. The van der Waals surface area contributed by atoms with E-state index in [1.54, 1.807) is 0 Å². The molecular weight excluding hydrogens is 426 g/mol. The molecule has 32 heavy (non-hydrogen) atoms. The lowest BCUT2D eigenvalue weighted by Crippen LogP contribution is -2.40. The summed E-state index contributed by atoms with van der Waals surface area (Å²) in [5.74, 6) is -0.995. The van der Waals surface area contributed by atoms with Crippen molar-refractivity contribution in [2.24, 2.45) is 28.1 Å². The van der Waals surface area contributed by atoms with E-state index in [1.807, 2.05) is 24.3 Å². The third kappa shape index (κ3) is 7.67. The zero-order valence-corrected chi connectivity index (χ0v) is 19.9. The summed E-state index contributed by atoms with van der Waals surface area (Å²) in [5, 5.41) is 34.8. The fraction of sp³-hybridized carbons (Fsp3) is 0.708. The van der Waals surface area contributed by atoms with Crippen LogP contribution in [-0.2, 0) is 4.79 Å². The number of aliphatic carboxylic acids is 1. The van der Waals surface area contributed by atoms with Gasteiger partial charge in [0.1, 0.15) is 0 Å². The van der Waals surface area contributed by atoms with E-state index < -0.39 is 18.2 Å². The van der Waals surface area contributed by atoms with Crippen LogP contribution in [0.5, 0.6) is 0 Å². The first-order valence-electron chi connectivity index (χ1n) is 11.8. The molecule has 0 amide bonds. The molecule has 2 saturated carbocycles. The van der Waals surface area contributed by atoms with Gasteiger partial charge in [0.05, 0.1) is 12.2 Å². The quantitative estimate of drug-likeness (QED) is 0.122. The van der Waals surface area contributed by atoms with E-state index >= 15 is 0 Å². The van der Waals surface area contributed by atoms with Crippen molar-refractivity contribution in [3.63, 3.8) is 0 Å². The molecule has 2 aliphatic carbocycles. The number of carboxylic acids is 1. The van der Waals surface area contributed by atoms with E-state index in [4.69, 9.17) is 23.1 Å². The second-order valence-electron chi connectivity index (χ2n) is 9.18. The highest BCUT2D eigenvalue weighted by Crippen LogP contribution is 2.48. The molecule has 2 rings (SSSR count). The Balaban J connectivity index is 2.08. The van der Waals surface area contributed by atoms with Crippen LogP contribution in [-0.4, -0.2) is 44.3 Å². The summed E-state index contributed by atoms with van der Waals surface area (Å²) in [7, 11) is 0. The van der Waals surface area contributed by atoms with Gasteiger partial charge in [-0.2, -0.15) is 5.10 Å². The number of unbranched alkanes of at least 4 members (excludes halogenated alkanes) is 2. The molecule has 2 fully saturated rings. The van der Waals surface area contributed by atoms with Crippen molar-refractivity contribution in [3.8, 4) is 0 Å². The van der Waals surface area contributed by atoms with Gasteiger partial charge in [0.25, 0.3) is 0 Å². The van der Waals surface area contributed by atoms with E-state index in [2.05, 4.69) is 17.5 Å². The average Bonchev–Trinajstić information content (AvgIpc) is 3.00. The number of allylic oxidation sites excluding steroid dienone is 2. The first-order chi connectivity index (χ1) is 15.3. The number of rotatable bonds is 13. The van der Waals surface area contributed by atoms with Crippen LogP contribution in [0.3, 0.4) is 0 Å². The number of carboxylic acid groups (broad SMARTS) is 1. The molecule has 0 radical (unpaired) electrons. The van der Waals surface area contributed by atoms with Crippen LogP contribution in [0.15, 0.2) is 29.4 Å². The number of aliphatic hydroxyl groups is 2. The maximum atomic E-state index is 10.9. The highest BCUT2D eigenvalue weighted by atomic mass is 32.1. The van der Waals surface area contributed by atoms with Crippen molar-refractivity contribution < 1.29 is 20.1 Å². The normalized spacial score (nSPS) is 27.1. The average molecular weight is 466 g/mol. The summed E-state index contributed by atoms with van der Waals surface area (Å²) in [4.78, 5) is 10.6. The molecule has 0 aliphatic heterocycles. The standard InChI is InChI=1S/C24H39N3O4S/c1-2-3-13-24(14-8-15-24)21(29)12-11-18-17(9-6-4-5-7-10-22(30)31)19(16-20(18)28)26-27-23(25)32/h4,6,11-12,17-18,20-21,28-29H,2-3,5,7-10,13-16H2,1H3,(H,30,31)(H3,25,27,32)/t17-,18-,20-,21?/m1/s1. The number of hydrogen-bond donors (Lipinski definition) is 5. The van der Waals surface area contributed by atoms with Gasteiger partial charge < -0.3 is 21.1 Å². The molecule has 7 nitrogen and oxygen atoms in total. The SMILES string of the molecule is CCCCC1(C(O)C=C[C@H]2[C@H](O)CC(=NNC(N)=S)[C@@H]2CC=CCCCC(=O)O)CCC1. The van der Waals surface area contributed by atoms with Gasteiger partial charge in [-0.25, -0.2) is 0 Å². The Labute approximate surface area is 196 Å². The monoisotopic (exact) mass is 465 g/mol. The largest absolute Gasteiger partial charge is 0.481 e. The van der Waals surface area contributed by atoms with Crippen molar-refractivity contribution >= 4 is 29.0 Å². The van der Waals surface area contributed by atoms with E-state index in [0.717, 1.165) is 44.2 Å². The van der Waals surface area contributed by atoms with Crippen molar-refractivity contribution in [2.45, 2.75) is 89.8 Å². The Morgan fingerprint density at radius 2 is 2.12 bits per heavy atom. The fourth-order valence-corrected chi connectivity index (χ4v) is 4.87. The first kappa shape index (κ1) is 26.5. The molecule has 0 aromatic heterocycles. The molecule has 4 atom stereocenters. The number of nitrogens with zero attached hydrogens (tertiary/aromatic N) is 1. The predicted molar refractivity (Wildman–Crippen MR) is 131 cm³/mol. The van der Waals surface area contributed by atoms with Gasteiger partial charge >= 0.3 is 5.97 Å². The second-order valence-corrected chi connectivity index (χ2v) is 9.62. The maximum Gasteiger partial charge on any atom is 0.303 e. The van der Waals surface area contributed by atoms with Crippen molar-refractivity contribution in [3.05, 3.63) is 24.3 Å². The molecule has 0 saturated heterocycles. The minimum absolute atomic E-state index is 0.0141. The summed E-state index contributed by atoms with van der Waals surface area (Å²) in [6.07, 6.45) is 15.8. The highest BCUT2D eigenvalue weighted by molar-refractivity contribution is 7.80. The second kappa shape index (κ2) is 13.1. The van der Waals surface area contributed by atoms with Crippen LogP contribution < -0.4 is 11.2 Å². The molecule has 0 heterocycles. The van der Waals surface area contributed by atoms with Crippen molar-refractivity contribution in [1.82, 2.24) is 5.43 Å². The molecular formula is C24H39N3O4S. The van der Waals surface area contributed by atoms with Crippen LogP contribution in [0.2, 0.25) is 0 Å². The number of thiocarbonyl (C=S) groups is 1. The molecule has 8 heteroatoms. The summed E-state index contributed by atoms with van der Waals surface area (Å²) in [6, 6.07) is 0. The zero-order valence-electron chi connectivity index (χ0n) is 19.1. The lowest BCUT2D eigenvalue weighted by atomic mass is 9.62. The molecule has 0 spiro atoms. The highest BCUT2D eigenvalue weighted by Gasteiger charge is 2.42. The summed E-state index contributed by atoms with van der Waals surface area (Å²) in [5.41, 5.74) is 8.94. The molecule has 0 aromatic carbocycles. The Hall–Kier alpha value is -1.77. The Kier molecular flexibility index (Phi) is 10.8. The van der Waals surface area contributed by atoms with Gasteiger partial charge in [0.15, 0.2) is 5.11 Å². The van der Waals surface area contributed by atoms with Crippen LogP contribution in [0.1, 0.15) is 77.6 Å². The molecule has 0 aromatic rings. The third-order valence-electron chi connectivity index (χ3n) is 6.90. The van der Waals surface area contributed by atoms with Gasteiger partial charge in [0, 0.05) is 30.4 Å². The number of hydrazone groups is 1. The van der Waals surface area contributed by atoms with Crippen molar-refractivity contribution in [1.29, 1.82) is 0 Å².